The molecule has 0 saturated heterocycles. The molecule has 3 aromatic rings. The number of unbranched alkanes of at least 4 members (excludes halogenated alkanes) is 3. The summed E-state index contributed by atoms with van der Waals surface area (Å²) in [5.74, 6) is 0.804. The summed E-state index contributed by atoms with van der Waals surface area (Å²) in [6, 6.07) is 21.1. The molecule has 0 aromatic heterocycles. The minimum Gasteiger partial charge on any atom is -0.410 e. The highest BCUT2D eigenvalue weighted by Gasteiger charge is 2.14. The summed E-state index contributed by atoms with van der Waals surface area (Å²) in [5.41, 5.74) is 9.29. The number of benzene rings is 3. The van der Waals surface area contributed by atoms with E-state index in [1.165, 1.54) is 11.6 Å². The lowest BCUT2D eigenvalue weighted by molar-refractivity contribution is 0.200. The van der Waals surface area contributed by atoms with Crippen LogP contribution in [-0.2, 0) is 16.4 Å². The Labute approximate surface area is 235 Å². The summed E-state index contributed by atoms with van der Waals surface area (Å²) in [6.07, 6.45) is 4.97. The Morgan fingerprint density at radius 3 is 2.41 bits per heavy atom. The fraction of sp³-hybridized carbons (Fsp3) is 0.276. The van der Waals surface area contributed by atoms with Gasteiger partial charge in [-0.15, -0.1) is 0 Å². The number of rotatable bonds is 12. The SMILES string of the molecule is CCC(=S)N=C(N)c1cccc(CCCCCCNC(=O)Oc2ccc(-c3ccccc3S(N)(=O)=O)cc2)c1. The maximum Gasteiger partial charge on any atom is 0.412 e. The van der Waals surface area contributed by atoms with E-state index in [4.69, 9.17) is 27.8 Å². The summed E-state index contributed by atoms with van der Waals surface area (Å²) in [6.45, 7) is 2.47. The first-order valence-electron chi connectivity index (χ1n) is 12.8. The second-order valence-electron chi connectivity index (χ2n) is 8.99. The van der Waals surface area contributed by atoms with Crippen LogP contribution in [0.5, 0.6) is 5.75 Å². The number of ether oxygens (including phenoxy) is 1. The molecule has 0 bridgehead atoms. The summed E-state index contributed by atoms with van der Waals surface area (Å²) in [7, 11) is -3.86. The van der Waals surface area contributed by atoms with E-state index in [9.17, 15) is 13.2 Å². The minimum atomic E-state index is -3.86. The quantitative estimate of drug-likeness (QED) is 0.117. The molecule has 0 aliphatic carbocycles. The second-order valence-corrected chi connectivity index (χ2v) is 11.0. The summed E-state index contributed by atoms with van der Waals surface area (Å²) >= 11 is 5.15. The van der Waals surface area contributed by atoms with Gasteiger partial charge < -0.3 is 15.8 Å². The van der Waals surface area contributed by atoms with E-state index in [-0.39, 0.29) is 4.90 Å². The Balaban J connectivity index is 1.37. The van der Waals surface area contributed by atoms with E-state index in [1.54, 1.807) is 42.5 Å². The van der Waals surface area contributed by atoms with E-state index < -0.39 is 16.1 Å². The number of sulfonamides is 1. The van der Waals surface area contributed by atoms with Crippen LogP contribution in [0.1, 0.15) is 50.2 Å². The molecule has 3 rings (SSSR count). The van der Waals surface area contributed by atoms with Crippen LogP contribution in [0.4, 0.5) is 4.79 Å². The number of nitrogens with zero attached hydrogens (tertiary/aromatic N) is 1. The third-order valence-corrected chi connectivity index (χ3v) is 7.35. The molecule has 0 aliphatic heterocycles. The van der Waals surface area contributed by atoms with Gasteiger partial charge in [-0.05, 0) is 61.1 Å². The lowest BCUT2D eigenvalue weighted by Gasteiger charge is -2.10. The number of nitrogens with two attached hydrogens (primary N) is 2. The average Bonchev–Trinajstić information content (AvgIpc) is 2.92. The summed E-state index contributed by atoms with van der Waals surface area (Å²) in [4.78, 5) is 17.0. The van der Waals surface area contributed by atoms with Crippen molar-refractivity contribution in [2.75, 3.05) is 6.54 Å². The van der Waals surface area contributed by atoms with E-state index in [0.29, 0.717) is 40.7 Å². The van der Waals surface area contributed by atoms with Crippen LogP contribution in [-0.4, -0.2) is 31.9 Å². The molecule has 0 aliphatic rings. The molecule has 0 radical (unpaired) electrons. The third kappa shape index (κ3) is 9.58. The largest absolute Gasteiger partial charge is 0.412 e. The van der Waals surface area contributed by atoms with Gasteiger partial charge in [0.05, 0.1) is 4.90 Å². The Morgan fingerprint density at radius 1 is 0.974 bits per heavy atom. The first kappa shape index (κ1) is 29.9. The molecule has 10 heteroatoms. The smallest absolute Gasteiger partial charge is 0.410 e. The average molecular weight is 567 g/mol. The number of amides is 1. The molecule has 5 N–H and O–H groups in total. The number of hydrogen-bond acceptors (Lipinski definition) is 5. The summed E-state index contributed by atoms with van der Waals surface area (Å²) < 4.78 is 29.0. The highest BCUT2D eigenvalue weighted by Crippen LogP contribution is 2.28. The van der Waals surface area contributed by atoms with Crippen molar-refractivity contribution >= 4 is 39.2 Å². The number of nitrogens with one attached hydrogen (secondary N) is 1. The van der Waals surface area contributed by atoms with E-state index in [0.717, 1.165) is 37.7 Å². The Kier molecular flexibility index (Phi) is 11.2. The van der Waals surface area contributed by atoms with Crippen molar-refractivity contribution in [3.8, 4) is 16.9 Å². The van der Waals surface area contributed by atoms with Crippen LogP contribution in [0, 0.1) is 0 Å². The van der Waals surface area contributed by atoms with E-state index >= 15 is 0 Å². The lowest BCUT2D eigenvalue weighted by Crippen LogP contribution is -2.27. The normalized spacial score (nSPS) is 11.7. The highest BCUT2D eigenvalue weighted by atomic mass is 32.2. The first-order chi connectivity index (χ1) is 18.7. The number of primary sulfonamides is 1. The van der Waals surface area contributed by atoms with Crippen molar-refractivity contribution in [3.05, 3.63) is 83.9 Å². The topological polar surface area (TPSA) is 137 Å². The molecule has 8 nitrogen and oxygen atoms in total. The zero-order valence-electron chi connectivity index (χ0n) is 21.9. The fourth-order valence-corrected chi connectivity index (χ4v) is 4.82. The molecule has 39 heavy (non-hydrogen) atoms. The molecule has 206 valence electrons. The van der Waals surface area contributed by atoms with Crippen molar-refractivity contribution in [1.29, 1.82) is 0 Å². The molecule has 0 heterocycles. The number of aliphatic imine (C=N–C) groups is 1. The third-order valence-electron chi connectivity index (χ3n) is 6.00. The van der Waals surface area contributed by atoms with Crippen molar-refractivity contribution in [2.45, 2.75) is 50.3 Å². The standard InChI is InChI=1S/C29H34N4O4S2/c1-2-27(38)33-28(30)23-12-9-11-21(20-23)10-5-3-4-8-19-32-29(34)37-24-17-15-22(16-18-24)25-13-6-7-14-26(25)39(31,35)36/h6-7,9,11-18,20H,2-5,8,10,19H2,1H3,(H,32,34)(H2,30,33,38)(H2,31,35,36). The Morgan fingerprint density at radius 2 is 1.69 bits per heavy atom. The number of hydrogen-bond donors (Lipinski definition) is 3. The fourth-order valence-electron chi connectivity index (χ4n) is 3.96. The van der Waals surface area contributed by atoms with Crippen molar-refractivity contribution in [1.82, 2.24) is 5.32 Å². The monoisotopic (exact) mass is 566 g/mol. The molecular weight excluding hydrogens is 532 g/mol. The number of carbonyl (C=O) groups excluding carboxylic acids is 1. The molecule has 0 spiro atoms. The van der Waals surface area contributed by atoms with E-state index in [1.807, 2.05) is 19.1 Å². The van der Waals surface area contributed by atoms with Gasteiger partial charge in [0.25, 0.3) is 0 Å². The van der Waals surface area contributed by atoms with Gasteiger partial charge >= 0.3 is 6.09 Å². The van der Waals surface area contributed by atoms with E-state index in [2.05, 4.69) is 22.4 Å². The highest BCUT2D eigenvalue weighted by molar-refractivity contribution is 7.89. The molecule has 3 aromatic carbocycles. The van der Waals surface area contributed by atoms with Gasteiger partial charge in [0.15, 0.2) is 0 Å². The number of thiocarbonyl (C=S) groups is 1. The molecular formula is C29H34N4O4S2. The van der Waals surface area contributed by atoms with Crippen molar-refractivity contribution in [2.24, 2.45) is 15.9 Å². The Hall–Kier alpha value is -3.60. The molecule has 0 atom stereocenters. The molecule has 0 saturated carbocycles. The predicted molar refractivity (Wildman–Crippen MR) is 160 cm³/mol. The molecule has 0 unspecified atom stereocenters. The van der Waals surface area contributed by atoms with Gasteiger partial charge in [-0.1, -0.05) is 80.5 Å². The first-order valence-corrected chi connectivity index (χ1v) is 14.8. The Bertz CT molecular complexity index is 1420. The van der Waals surface area contributed by atoms with Crippen LogP contribution < -0.4 is 20.9 Å². The lowest BCUT2D eigenvalue weighted by atomic mass is 10.0. The van der Waals surface area contributed by atoms with Crippen LogP contribution in [0.3, 0.4) is 0 Å². The zero-order valence-corrected chi connectivity index (χ0v) is 23.6. The zero-order chi connectivity index (χ0) is 28.3. The van der Waals surface area contributed by atoms with Gasteiger partial charge in [-0.25, -0.2) is 23.3 Å². The van der Waals surface area contributed by atoms with Gasteiger partial charge in [-0.3, -0.25) is 0 Å². The molecule has 1 amide bonds. The summed E-state index contributed by atoms with van der Waals surface area (Å²) in [5, 5.41) is 8.08. The van der Waals surface area contributed by atoms with Crippen molar-refractivity contribution in [3.63, 3.8) is 0 Å². The van der Waals surface area contributed by atoms with Crippen LogP contribution >= 0.6 is 12.2 Å². The maximum atomic E-state index is 12.1. The van der Waals surface area contributed by atoms with Crippen LogP contribution in [0.15, 0.2) is 82.7 Å². The van der Waals surface area contributed by atoms with Crippen molar-refractivity contribution < 1.29 is 17.9 Å². The maximum absolute atomic E-state index is 12.1. The van der Waals surface area contributed by atoms with Crippen LogP contribution in [0.25, 0.3) is 11.1 Å². The minimum absolute atomic E-state index is 0.0385. The van der Waals surface area contributed by atoms with Crippen LogP contribution in [0.2, 0.25) is 0 Å². The van der Waals surface area contributed by atoms with Gasteiger partial charge in [0, 0.05) is 17.7 Å². The number of amidine groups is 1. The molecule has 0 fully saturated rings. The predicted octanol–water partition coefficient (Wildman–Crippen LogP) is 5.34. The second kappa shape index (κ2) is 14.5. The van der Waals surface area contributed by atoms with Gasteiger partial charge in [0.1, 0.15) is 16.6 Å². The van der Waals surface area contributed by atoms with Gasteiger partial charge in [-0.2, -0.15) is 0 Å². The number of aryl methyl sites for hydroxylation is 1. The number of carbonyl (C=O) groups is 1. The van der Waals surface area contributed by atoms with Gasteiger partial charge in [0.2, 0.25) is 10.0 Å².